The third-order valence-corrected chi connectivity index (χ3v) is 4.37. The summed E-state index contributed by atoms with van der Waals surface area (Å²) in [6.07, 6.45) is 1.47. The largest absolute Gasteiger partial charge is 0.326 e. The van der Waals surface area contributed by atoms with E-state index in [0.29, 0.717) is 16.9 Å². The van der Waals surface area contributed by atoms with Gasteiger partial charge in [-0.1, -0.05) is 30.0 Å². The minimum atomic E-state index is -0.209. The van der Waals surface area contributed by atoms with E-state index in [2.05, 4.69) is 25.8 Å². The lowest BCUT2D eigenvalue weighted by molar-refractivity contribution is -0.114. The SMILES string of the molecule is CC(=O)Nc1cccc(NC(=O)c2ccc(CSc3ncn[nH]3)cc2)c1. The van der Waals surface area contributed by atoms with Crippen molar-refractivity contribution in [1.29, 1.82) is 0 Å². The van der Waals surface area contributed by atoms with Gasteiger partial charge in [0.1, 0.15) is 6.33 Å². The van der Waals surface area contributed by atoms with E-state index in [-0.39, 0.29) is 11.8 Å². The Balaban J connectivity index is 1.60. The number of benzene rings is 2. The van der Waals surface area contributed by atoms with Gasteiger partial charge in [0.15, 0.2) is 5.16 Å². The van der Waals surface area contributed by atoms with Gasteiger partial charge in [-0.25, -0.2) is 4.98 Å². The van der Waals surface area contributed by atoms with Crippen LogP contribution in [0.4, 0.5) is 11.4 Å². The molecule has 3 N–H and O–H groups in total. The molecule has 3 rings (SSSR count). The highest BCUT2D eigenvalue weighted by Crippen LogP contribution is 2.19. The second kappa shape index (κ2) is 8.30. The van der Waals surface area contributed by atoms with Gasteiger partial charge in [-0.05, 0) is 35.9 Å². The van der Waals surface area contributed by atoms with Crippen LogP contribution in [0.5, 0.6) is 0 Å². The molecule has 26 heavy (non-hydrogen) atoms. The van der Waals surface area contributed by atoms with E-state index >= 15 is 0 Å². The molecule has 2 amide bonds. The monoisotopic (exact) mass is 367 g/mol. The van der Waals surface area contributed by atoms with Gasteiger partial charge in [0.05, 0.1) is 0 Å². The minimum absolute atomic E-state index is 0.160. The van der Waals surface area contributed by atoms with Gasteiger partial charge < -0.3 is 10.6 Å². The van der Waals surface area contributed by atoms with E-state index in [0.717, 1.165) is 16.5 Å². The summed E-state index contributed by atoms with van der Waals surface area (Å²) in [6.45, 7) is 1.44. The van der Waals surface area contributed by atoms with Gasteiger partial charge in [0.2, 0.25) is 5.91 Å². The van der Waals surface area contributed by atoms with Crippen LogP contribution in [0.1, 0.15) is 22.8 Å². The molecule has 0 fully saturated rings. The highest BCUT2D eigenvalue weighted by atomic mass is 32.2. The number of hydrogen-bond donors (Lipinski definition) is 3. The van der Waals surface area contributed by atoms with Crippen molar-refractivity contribution in [3.05, 3.63) is 66.0 Å². The van der Waals surface area contributed by atoms with Crippen LogP contribution in [0.15, 0.2) is 60.0 Å². The number of carbonyl (C=O) groups is 2. The molecule has 0 saturated carbocycles. The Kier molecular flexibility index (Phi) is 5.65. The summed E-state index contributed by atoms with van der Waals surface area (Å²) in [5.41, 5.74) is 2.89. The number of aromatic nitrogens is 3. The molecule has 0 atom stereocenters. The number of nitrogens with zero attached hydrogens (tertiary/aromatic N) is 2. The van der Waals surface area contributed by atoms with Gasteiger partial charge in [-0.2, -0.15) is 5.10 Å². The van der Waals surface area contributed by atoms with Crippen molar-refractivity contribution in [2.75, 3.05) is 10.6 Å². The normalized spacial score (nSPS) is 10.3. The lowest BCUT2D eigenvalue weighted by Gasteiger charge is -2.08. The highest BCUT2D eigenvalue weighted by Gasteiger charge is 2.07. The van der Waals surface area contributed by atoms with Crippen LogP contribution >= 0.6 is 11.8 Å². The molecule has 132 valence electrons. The molecular weight excluding hydrogens is 350 g/mol. The third-order valence-electron chi connectivity index (χ3n) is 3.43. The van der Waals surface area contributed by atoms with Gasteiger partial charge in [0, 0.05) is 29.6 Å². The van der Waals surface area contributed by atoms with Crippen LogP contribution in [0.2, 0.25) is 0 Å². The lowest BCUT2D eigenvalue weighted by atomic mass is 10.1. The van der Waals surface area contributed by atoms with Gasteiger partial charge in [-0.15, -0.1) is 0 Å². The van der Waals surface area contributed by atoms with Crippen LogP contribution in [0.3, 0.4) is 0 Å². The molecular formula is C18H17N5O2S. The van der Waals surface area contributed by atoms with Crippen molar-refractivity contribution in [3.8, 4) is 0 Å². The standard InChI is InChI=1S/C18H17N5O2S/c1-12(24)21-15-3-2-4-16(9-15)22-17(25)14-7-5-13(6-8-14)10-26-18-19-11-20-23-18/h2-9,11H,10H2,1H3,(H,21,24)(H,22,25)(H,19,20,23). The number of H-pyrrole nitrogens is 1. The average Bonchev–Trinajstić information content (AvgIpc) is 3.14. The fourth-order valence-corrected chi connectivity index (χ4v) is 2.98. The summed E-state index contributed by atoms with van der Waals surface area (Å²) >= 11 is 1.54. The van der Waals surface area contributed by atoms with Gasteiger partial charge in [-0.3, -0.25) is 14.7 Å². The van der Waals surface area contributed by atoms with E-state index in [1.54, 1.807) is 36.4 Å². The summed E-state index contributed by atoms with van der Waals surface area (Å²) in [6, 6.07) is 14.4. The first-order valence-corrected chi connectivity index (χ1v) is 8.85. The molecule has 2 aromatic carbocycles. The second-order valence-corrected chi connectivity index (χ2v) is 6.46. The molecule has 0 saturated heterocycles. The number of aromatic amines is 1. The van der Waals surface area contributed by atoms with Crippen molar-refractivity contribution in [2.24, 2.45) is 0 Å². The Morgan fingerprint density at radius 3 is 2.46 bits per heavy atom. The maximum absolute atomic E-state index is 12.4. The first kappa shape index (κ1) is 17.7. The predicted octanol–water partition coefficient (Wildman–Crippen LogP) is 3.31. The van der Waals surface area contributed by atoms with Crippen molar-refractivity contribution in [2.45, 2.75) is 17.8 Å². The number of hydrogen-bond acceptors (Lipinski definition) is 5. The number of amides is 2. The fourth-order valence-electron chi connectivity index (χ4n) is 2.25. The van der Waals surface area contributed by atoms with Gasteiger partial charge >= 0.3 is 0 Å². The van der Waals surface area contributed by atoms with E-state index in [4.69, 9.17) is 0 Å². The van der Waals surface area contributed by atoms with Gasteiger partial charge in [0.25, 0.3) is 5.91 Å². The van der Waals surface area contributed by atoms with E-state index < -0.39 is 0 Å². The summed E-state index contributed by atoms with van der Waals surface area (Å²) in [5, 5.41) is 12.9. The fraction of sp³-hybridized carbons (Fsp3) is 0.111. The van der Waals surface area contributed by atoms with E-state index in [1.165, 1.54) is 25.0 Å². The topological polar surface area (TPSA) is 99.8 Å². The molecule has 0 radical (unpaired) electrons. The number of anilines is 2. The van der Waals surface area contributed by atoms with E-state index in [1.807, 2.05) is 12.1 Å². The number of thioether (sulfide) groups is 1. The Hall–Kier alpha value is -3.13. The molecule has 0 aliphatic carbocycles. The molecule has 1 heterocycles. The maximum Gasteiger partial charge on any atom is 0.255 e. The van der Waals surface area contributed by atoms with Crippen LogP contribution < -0.4 is 10.6 Å². The molecule has 0 spiro atoms. The van der Waals surface area contributed by atoms with Crippen LogP contribution in [0.25, 0.3) is 0 Å². The smallest absolute Gasteiger partial charge is 0.255 e. The van der Waals surface area contributed by atoms with E-state index in [9.17, 15) is 9.59 Å². The zero-order valence-electron chi connectivity index (χ0n) is 14.0. The number of carbonyl (C=O) groups excluding carboxylic acids is 2. The molecule has 3 aromatic rings. The van der Waals surface area contributed by atoms with Crippen molar-refractivity contribution in [3.63, 3.8) is 0 Å². The average molecular weight is 367 g/mol. The van der Waals surface area contributed by atoms with Crippen LogP contribution in [-0.2, 0) is 10.5 Å². The lowest BCUT2D eigenvalue weighted by Crippen LogP contribution is -2.12. The first-order valence-electron chi connectivity index (χ1n) is 7.86. The Bertz CT molecular complexity index is 894. The third kappa shape index (κ3) is 4.93. The predicted molar refractivity (Wildman–Crippen MR) is 101 cm³/mol. The van der Waals surface area contributed by atoms with Crippen LogP contribution in [0, 0.1) is 0 Å². The Morgan fingerprint density at radius 2 is 1.81 bits per heavy atom. The Morgan fingerprint density at radius 1 is 1.08 bits per heavy atom. The molecule has 0 unspecified atom stereocenters. The summed E-state index contributed by atoms with van der Waals surface area (Å²) in [4.78, 5) is 27.6. The minimum Gasteiger partial charge on any atom is -0.326 e. The molecule has 0 aliphatic heterocycles. The summed E-state index contributed by atoms with van der Waals surface area (Å²) in [5.74, 6) is 0.363. The summed E-state index contributed by atoms with van der Waals surface area (Å²) < 4.78 is 0. The number of rotatable bonds is 6. The quantitative estimate of drug-likeness (QED) is 0.581. The van der Waals surface area contributed by atoms with Crippen molar-refractivity contribution < 1.29 is 9.59 Å². The molecule has 8 heteroatoms. The first-order chi connectivity index (χ1) is 12.6. The highest BCUT2D eigenvalue weighted by molar-refractivity contribution is 7.98. The second-order valence-electron chi connectivity index (χ2n) is 5.49. The van der Waals surface area contributed by atoms with Crippen molar-refractivity contribution in [1.82, 2.24) is 15.2 Å². The molecule has 1 aromatic heterocycles. The number of nitrogens with one attached hydrogen (secondary N) is 3. The maximum atomic E-state index is 12.4. The molecule has 0 bridgehead atoms. The molecule has 0 aliphatic rings. The zero-order valence-corrected chi connectivity index (χ0v) is 14.8. The van der Waals surface area contributed by atoms with Crippen LogP contribution in [-0.4, -0.2) is 27.0 Å². The van der Waals surface area contributed by atoms with Crippen molar-refractivity contribution >= 4 is 35.0 Å². The zero-order chi connectivity index (χ0) is 18.4. The summed E-state index contributed by atoms with van der Waals surface area (Å²) in [7, 11) is 0. The molecule has 7 nitrogen and oxygen atoms in total. The Labute approximate surface area is 154 Å².